The van der Waals surface area contributed by atoms with E-state index in [0.717, 1.165) is 4.90 Å². The molecule has 70 valence electrons. The summed E-state index contributed by atoms with van der Waals surface area (Å²) in [6.07, 6.45) is -0.00750. The number of urea groups is 1. The van der Waals surface area contributed by atoms with E-state index in [1.807, 2.05) is 0 Å². The van der Waals surface area contributed by atoms with Gasteiger partial charge in [0.25, 0.3) is 0 Å². The van der Waals surface area contributed by atoms with E-state index in [-0.39, 0.29) is 70.9 Å². The van der Waals surface area contributed by atoms with Crippen molar-refractivity contribution < 1.29 is 69.1 Å². The van der Waals surface area contributed by atoms with Crippen molar-refractivity contribution in [3.63, 3.8) is 0 Å². The molecule has 1 aliphatic rings. The molecular weight excluding hydrogens is 211 g/mol. The monoisotopic (exact) mass is 220 g/mol. The average Bonchev–Trinajstić information content (AvgIpc) is 2.30. The predicted molar refractivity (Wildman–Crippen MR) is 38.6 cm³/mol. The molecule has 2 N–H and O–H groups in total. The summed E-state index contributed by atoms with van der Waals surface area (Å²) in [5, 5.41) is 0. The van der Waals surface area contributed by atoms with Crippen LogP contribution in [0.25, 0.3) is 0 Å². The minimum atomic E-state index is -4.81. The first-order valence-electron chi connectivity index (χ1n) is 3.65. The fourth-order valence-electron chi connectivity index (χ4n) is 1.30. The summed E-state index contributed by atoms with van der Waals surface area (Å²) in [5.41, 5.74) is 4.83. The molecule has 1 fully saturated rings. The van der Waals surface area contributed by atoms with Crippen molar-refractivity contribution in [2.45, 2.75) is 12.2 Å². The van der Waals surface area contributed by atoms with Gasteiger partial charge >= 0.3 is 64.4 Å². The van der Waals surface area contributed by atoms with Crippen LogP contribution in [0.1, 0.15) is 6.42 Å². The van der Waals surface area contributed by atoms with Crippen molar-refractivity contribution in [1.29, 1.82) is 0 Å². The molecule has 1 saturated heterocycles. The first kappa shape index (κ1) is 13.8. The number of likely N-dealkylation sites (tertiary alicyclic amines) is 1. The van der Waals surface area contributed by atoms with Crippen molar-refractivity contribution in [2.75, 3.05) is 13.1 Å². The molecule has 0 radical (unpaired) electrons. The quantitative estimate of drug-likeness (QED) is 0.510. The van der Waals surface area contributed by atoms with Gasteiger partial charge in [0.15, 0.2) is 0 Å². The zero-order chi connectivity index (χ0) is 9.35. The summed E-state index contributed by atoms with van der Waals surface area (Å²) in [6.45, 7) is -4.95. The number of rotatable bonds is 1. The number of carbonyl (C=O) groups excluding carboxylic acids is 1. The third-order valence-corrected chi connectivity index (χ3v) is 2.07. The van der Waals surface area contributed by atoms with Crippen molar-refractivity contribution in [2.24, 2.45) is 5.73 Å². The summed E-state index contributed by atoms with van der Waals surface area (Å²) >= 11 is 0. The van der Waals surface area contributed by atoms with Gasteiger partial charge in [-0.2, -0.15) is 0 Å². The van der Waals surface area contributed by atoms with E-state index in [1.54, 1.807) is 0 Å². The van der Waals surface area contributed by atoms with Crippen molar-refractivity contribution in [1.82, 2.24) is 4.90 Å². The maximum atomic E-state index is 12.1. The molecule has 13 heavy (non-hydrogen) atoms. The maximum Gasteiger partial charge on any atom is 1.00 e. The Labute approximate surface area is 117 Å². The third-order valence-electron chi connectivity index (χ3n) is 2.07. The molecule has 8 heteroatoms. The van der Waals surface area contributed by atoms with Gasteiger partial charge in [0.05, 0.1) is 0 Å². The standard InChI is InChI=1S/C5H9BF3N2O.K/c7-6(8,9)4-1-2-11(3-4)5(10)12;/h4H,1-3H2,(H2,10,12);/q-1;+1. The summed E-state index contributed by atoms with van der Waals surface area (Å²) in [6, 6.07) is -0.766. The van der Waals surface area contributed by atoms with E-state index < -0.39 is 18.8 Å². The number of amides is 2. The van der Waals surface area contributed by atoms with E-state index in [2.05, 4.69) is 0 Å². The van der Waals surface area contributed by atoms with Crippen molar-refractivity contribution in [3.8, 4) is 0 Å². The van der Waals surface area contributed by atoms with Crippen LogP contribution < -0.4 is 57.1 Å². The van der Waals surface area contributed by atoms with Crippen LogP contribution in [0.4, 0.5) is 17.7 Å². The molecule has 0 aliphatic carbocycles. The number of nitrogens with zero attached hydrogens (tertiary/aromatic N) is 1. The number of carbonyl (C=O) groups is 1. The number of hydrogen-bond donors (Lipinski definition) is 1. The van der Waals surface area contributed by atoms with Gasteiger partial charge in [-0.3, -0.25) is 0 Å². The molecule has 1 rings (SSSR count). The first-order chi connectivity index (χ1) is 5.41. The average molecular weight is 220 g/mol. The summed E-state index contributed by atoms with van der Waals surface area (Å²) in [7, 11) is 0. The number of primary amides is 1. The van der Waals surface area contributed by atoms with Crippen LogP contribution in [-0.2, 0) is 0 Å². The second kappa shape index (κ2) is 5.02. The molecule has 0 spiro atoms. The SMILES string of the molecule is NC(=O)N1CCC([B-](F)(F)F)C1.[K+]. The largest absolute Gasteiger partial charge is 1.00 e. The normalized spacial score (nSPS) is 22.7. The second-order valence-electron chi connectivity index (χ2n) is 2.96. The Bertz CT molecular complexity index is 201. The van der Waals surface area contributed by atoms with Gasteiger partial charge in [-0.1, -0.05) is 12.2 Å². The summed E-state index contributed by atoms with van der Waals surface area (Å²) in [4.78, 5) is 11.5. The van der Waals surface area contributed by atoms with Crippen LogP contribution in [-0.4, -0.2) is 31.0 Å². The molecule has 0 saturated carbocycles. The van der Waals surface area contributed by atoms with Crippen LogP contribution in [0.5, 0.6) is 0 Å². The number of hydrogen-bond acceptors (Lipinski definition) is 1. The van der Waals surface area contributed by atoms with Gasteiger partial charge in [0.1, 0.15) is 0 Å². The van der Waals surface area contributed by atoms with Crippen molar-refractivity contribution in [3.05, 3.63) is 0 Å². The van der Waals surface area contributed by atoms with Gasteiger partial charge in [-0.15, -0.1) is 0 Å². The molecular formula is C5H9BF3KN2O. The van der Waals surface area contributed by atoms with E-state index in [1.165, 1.54) is 0 Å². The Balaban J connectivity index is 0.00000144. The van der Waals surface area contributed by atoms with Crippen molar-refractivity contribution >= 4 is 13.0 Å². The summed E-state index contributed by atoms with van der Waals surface area (Å²) in [5.74, 6) is -1.34. The van der Waals surface area contributed by atoms with Gasteiger partial charge < -0.3 is 23.6 Å². The molecule has 1 unspecified atom stereocenters. The number of halogens is 3. The predicted octanol–water partition coefficient (Wildman–Crippen LogP) is -2.01. The second-order valence-corrected chi connectivity index (χ2v) is 2.96. The number of nitrogens with two attached hydrogens (primary N) is 1. The molecule has 0 bridgehead atoms. The van der Waals surface area contributed by atoms with Gasteiger partial charge in [-0.25, -0.2) is 4.79 Å². The minimum Gasteiger partial charge on any atom is -0.449 e. The molecule has 2 amide bonds. The molecule has 0 aromatic carbocycles. The van der Waals surface area contributed by atoms with E-state index in [0.29, 0.717) is 0 Å². The van der Waals surface area contributed by atoms with Crippen LogP contribution in [0.2, 0.25) is 5.82 Å². The molecule has 0 aromatic rings. The van der Waals surface area contributed by atoms with Gasteiger partial charge in [0.2, 0.25) is 0 Å². The fourth-order valence-corrected chi connectivity index (χ4v) is 1.30. The fraction of sp³-hybridized carbons (Fsp3) is 0.800. The zero-order valence-electron chi connectivity index (χ0n) is 7.34. The molecule has 3 nitrogen and oxygen atoms in total. The van der Waals surface area contributed by atoms with E-state index in [4.69, 9.17) is 5.73 Å². The van der Waals surface area contributed by atoms with Crippen LogP contribution in [0, 0.1) is 0 Å². The Morgan fingerprint density at radius 3 is 2.23 bits per heavy atom. The zero-order valence-corrected chi connectivity index (χ0v) is 10.5. The van der Waals surface area contributed by atoms with Crippen LogP contribution >= 0.6 is 0 Å². The molecule has 1 atom stereocenters. The topological polar surface area (TPSA) is 46.3 Å². The maximum absolute atomic E-state index is 12.1. The van der Waals surface area contributed by atoms with Crippen LogP contribution in [0.15, 0.2) is 0 Å². The van der Waals surface area contributed by atoms with Gasteiger partial charge in [0, 0.05) is 13.1 Å². The van der Waals surface area contributed by atoms with E-state index in [9.17, 15) is 17.7 Å². The minimum absolute atomic E-state index is 0. The molecule has 1 aliphatic heterocycles. The Morgan fingerprint density at radius 2 is 2.00 bits per heavy atom. The smallest absolute Gasteiger partial charge is 0.449 e. The third kappa shape index (κ3) is 3.78. The van der Waals surface area contributed by atoms with E-state index >= 15 is 0 Å². The Kier molecular flexibility index (Phi) is 5.31. The molecule has 1 heterocycles. The Morgan fingerprint density at radius 1 is 1.46 bits per heavy atom. The van der Waals surface area contributed by atoms with Crippen LogP contribution in [0.3, 0.4) is 0 Å². The summed E-state index contributed by atoms with van der Waals surface area (Å²) < 4.78 is 36.2. The Hall–Kier alpha value is 0.761. The first-order valence-corrected chi connectivity index (χ1v) is 3.65. The van der Waals surface area contributed by atoms with Gasteiger partial charge in [-0.05, 0) is 0 Å². The molecule has 0 aromatic heterocycles.